The van der Waals surface area contributed by atoms with E-state index in [4.69, 9.17) is 25.6 Å². The average molecular weight is 353 g/mol. The van der Waals surface area contributed by atoms with Crippen molar-refractivity contribution in [1.29, 1.82) is 0 Å². The number of esters is 1. The van der Waals surface area contributed by atoms with E-state index in [2.05, 4.69) is 10.5 Å². The van der Waals surface area contributed by atoms with Crippen LogP contribution in [0.5, 0.6) is 5.75 Å². The second-order valence-corrected chi connectivity index (χ2v) is 5.59. The van der Waals surface area contributed by atoms with Gasteiger partial charge in [-0.15, -0.1) is 0 Å². The molecule has 1 aromatic heterocycles. The zero-order valence-electron chi connectivity index (χ0n) is 13.5. The normalized spacial score (nSPS) is 11.7. The van der Waals surface area contributed by atoms with Crippen molar-refractivity contribution in [2.45, 2.75) is 26.9 Å². The molecule has 0 fully saturated rings. The van der Waals surface area contributed by atoms with Gasteiger partial charge in [-0.05, 0) is 44.5 Å². The first kappa shape index (κ1) is 17.8. The van der Waals surface area contributed by atoms with Gasteiger partial charge in [0, 0.05) is 11.1 Å². The topological polar surface area (TPSA) is 90.7 Å². The summed E-state index contributed by atoms with van der Waals surface area (Å²) in [5.74, 6) is 0.158. The maximum atomic E-state index is 11.9. The van der Waals surface area contributed by atoms with E-state index in [0.717, 1.165) is 5.56 Å². The molecule has 1 heterocycles. The van der Waals surface area contributed by atoms with Crippen LogP contribution in [0, 0.1) is 13.8 Å². The molecule has 0 aliphatic rings. The van der Waals surface area contributed by atoms with Crippen LogP contribution in [-0.4, -0.2) is 29.7 Å². The van der Waals surface area contributed by atoms with Crippen molar-refractivity contribution < 1.29 is 23.6 Å². The lowest BCUT2D eigenvalue weighted by Gasteiger charge is -2.15. The lowest BCUT2D eigenvalue weighted by atomic mass is 10.2. The van der Waals surface area contributed by atoms with Crippen LogP contribution < -0.4 is 10.1 Å². The van der Waals surface area contributed by atoms with Crippen LogP contribution in [0.15, 0.2) is 28.8 Å². The minimum absolute atomic E-state index is 0.259. The summed E-state index contributed by atoms with van der Waals surface area (Å²) < 4.78 is 15.3. The minimum atomic E-state index is -0.869. The molecule has 128 valence electrons. The third-order valence-corrected chi connectivity index (χ3v) is 3.25. The maximum absolute atomic E-state index is 11.9. The number of hydrogen-bond acceptors (Lipinski definition) is 6. The van der Waals surface area contributed by atoms with Gasteiger partial charge >= 0.3 is 5.97 Å². The number of carbonyl (C=O) groups excluding carboxylic acids is 2. The van der Waals surface area contributed by atoms with E-state index < -0.39 is 24.6 Å². The molecule has 8 heteroatoms. The Kier molecular flexibility index (Phi) is 5.81. The molecular weight excluding hydrogens is 336 g/mol. The van der Waals surface area contributed by atoms with Crippen LogP contribution in [-0.2, 0) is 14.3 Å². The Morgan fingerprint density at radius 1 is 1.33 bits per heavy atom. The largest absolute Gasteiger partial charge is 0.479 e. The Morgan fingerprint density at radius 3 is 2.71 bits per heavy atom. The highest BCUT2D eigenvalue weighted by Crippen LogP contribution is 2.23. The summed E-state index contributed by atoms with van der Waals surface area (Å²) >= 11 is 5.87. The molecule has 0 bridgehead atoms. The molecule has 2 rings (SSSR count). The molecule has 0 spiro atoms. The highest BCUT2D eigenvalue weighted by atomic mass is 35.5. The summed E-state index contributed by atoms with van der Waals surface area (Å²) in [6.07, 6.45) is -0.869. The highest BCUT2D eigenvalue weighted by molar-refractivity contribution is 6.30. The molecule has 1 aromatic carbocycles. The van der Waals surface area contributed by atoms with E-state index in [1.54, 1.807) is 31.2 Å². The summed E-state index contributed by atoms with van der Waals surface area (Å²) in [5.41, 5.74) is 0.793. The Hall–Kier alpha value is -2.54. The second-order valence-electron chi connectivity index (χ2n) is 5.15. The number of carbonyl (C=O) groups is 2. The molecular formula is C16H17ClN2O5. The lowest BCUT2D eigenvalue weighted by Crippen LogP contribution is -2.30. The van der Waals surface area contributed by atoms with Crippen molar-refractivity contribution in [2.24, 2.45) is 0 Å². The number of rotatable bonds is 6. The maximum Gasteiger partial charge on any atom is 0.347 e. The van der Waals surface area contributed by atoms with Gasteiger partial charge < -0.3 is 19.3 Å². The monoisotopic (exact) mass is 352 g/mol. The average Bonchev–Trinajstić information content (AvgIpc) is 2.92. The van der Waals surface area contributed by atoms with E-state index in [-0.39, 0.29) is 5.82 Å². The molecule has 1 unspecified atom stereocenters. The van der Waals surface area contributed by atoms with Crippen molar-refractivity contribution in [1.82, 2.24) is 5.16 Å². The van der Waals surface area contributed by atoms with Crippen LogP contribution in [0.2, 0.25) is 5.02 Å². The first-order chi connectivity index (χ1) is 11.3. The number of amides is 1. The number of hydrogen-bond donors (Lipinski definition) is 1. The molecule has 24 heavy (non-hydrogen) atoms. The smallest absolute Gasteiger partial charge is 0.347 e. The van der Waals surface area contributed by atoms with E-state index >= 15 is 0 Å². The highest BCUT2D eigenvalue weighted by Gasteiger charge is 2.19. The molecule has 0 radical (unpaired) electrons. The third kappa shape index (κ3) is 4.99. The fraction of sp³-hybridized carbons (Fsp3) is 0.312. The molecule has 2 aromatic rings. The van der Waals surface area contributed by atoms with E-state index in [9.17, 15) is 9.59 Å². The summed E-state index contributed by atoms with van der Waals surface area (Å²) in [6.45, 7) is 4.60. The second kappa shape index (κ2) is 7.83. The van der Waals surface area contributed by atoms with Crippen LogP contribution in [0.4, 0.5) is 5.82 Å². The standard InChI is InChI=1S/C16H17ClN2O5/c1-9-6-12(17)4-5-13(9)23-11(3)16(21)22-8-15(20)18-14-7-10(2)24-19-14/h4-7,11H,8H2,1-3H3,(H,18,19,20). The molecule has 1 amide bonds. The fourth-order valence-electron chi connectivity index (χ4n) is 1.84. The molecule has 0 aliphatic heterocycles. The molecule has 7 nitrogen and oxygen atoms in total. The van der Waals surface area contributed by atoms with Gasteiger partial charge in [-0.3, -0.25) is 4.79 Å². The van der Waals surface area contributed by atoms with Gasteiger partial charge in [0.1, 0.15) is 11.5 Å². The zero-order valence-corrected chi connectivity index (χ0v) is 14.2. The number of halogens is 1. The summed E-state index contributed by atoms with van der Waals surface area (Å²) in [5, 5.41) is 6.63. The van der Waals surface area contributed by atoms with Crippen LogP contribution in [0.25, 0.3) is 0 Å². The quantitative estimate of drug-likeness (QED) is 0.804. The fourth-order valence-corrected chi connectivity index (χ4v) is 2.07. The van der Waals surface area contributed by atoms with Gasteiger partial charge in [0.25, 0.3) is 5.91 Å². The first-order valence-electron chi connectivity index (χ1n) is 7.18. The zero-order chi connectivity index (χ0) is 17.7. The number of aryl methyl sites for hydroxylation is 2. The minimum Gasteiger partial charge on any atom is -0.479 e. The van der Waals surface area contributed by atoms with Crippen LogP contribution in [0.3, 0.4) is 0 Å². The molecule has 1 atom stereocenters. The van der Waals surface area contributed by atoms with Gasteiger partial charge in [-0.1, -0.05) is 16.8 Å². The Morgan fingerprint density at radius 2 is 2.08 bits per heavy atom. The molecule has 0 saturated heterocycles. The lowest BCUT2D eigenvalue weighted by molar-refractivity contribution is -0.153. The van der Waals surface area contributed by atoms with Crippen molar-refractivity contribution in [3.63, 3.8) is 0 Å². The predicted molar refractivity (Wildman–Crippen MR) is 87.1 cm³/mol. The van der Waals surface area contributed by atoms with Gasteiger partial charge in [0.2, 0.25) is 0 Å². The number of nitrogens with one attached hydrogen (secondary N) is 1. The van der Waals surface area contributed by atoms with Gasteiger partial charge in [-0.25, -0.2) is 4.79 Å². The number of anilines is 1. The van der Waals surface area contributed by atoms with Crippen LogP contribution >= 0.6 is 11.6 Å². The molecule has 1 N–H and O–H groups in total. The molecule has 0 aliphatic carbocycles. The summed E-state index contributed by atoms with van der Waals surface area (Å²) in [4.78, 5) is 23.6. The number of ether oxygens (including phenoxy) is 2. The SMILES string of the molecule is Cc1cc(NC(=O)COC(=O)C(C)Oc2ccc(Cl)cc2C)no1. The summed E-state index contributed by atoms with van der Waals surface area (Å²) in [6, 6.07) is 6.60. The van der Waals surface area contributed by atoms with E-state index in [1.165, 1.54) is 6.92 Å². The third-order valence-electron chi connectivity index (χ3n) is 3.01. The number of nitrogens with zero attached hydrogens (tertiary/aromatic N) is 1. The van der Waals surface area contributed by atoms with Crippen LogP contribution in [0.1, 0.15) is 18.2 Å². The number of benzene rings is 1. The van der Waals surface area contributed by atoms with Crippen molar-refractivity contribution >= 4 is 29.3 Å². The van der Waals surface area contributed by atoms with Crippen molar-refractivity contribution in [3.05, 3.63) is 40.6 Å². The Balaban J connectivity index is 1.81. The van der Waals surface area contributed by atoms with E-state index in [1.807, 2.05) is 6.92 Å². The van der Waals surface area contributed by atoms with E-state index in [0.29, 0.717) is 16.5 Å². The Bertz CT molecular complexity index is 744. The predicted octanol–water partition coefficient (Wildman–Crippen LogP) is 2.89. The first-order valence-corrected chi connectivity index (χ1v) is 7.55. The molecule has 0 saturated carbocycles. The Labute approximate surface area is 143 Å². The van der Waals surface area contributed by atoms with Crippen molar-refractivity contribution in [3.8, 4) is 5.75 Å². The number of aromatic nitrogens is 1. The summed E-state index contributed by atoms with van der Waals surface area (Å²) in [7, 11) is 0. The van der Waals surface area contributed by atoms with Gasteiger partial charge in [0.15, 0.2) is 18.5 Å². The van der Waals surface area contributed by atoms with Gasteiger partial charge in [-0.2, -0.15) is 0 Å². The van der Waals surface area contributed by atoms with Gasteiger partial charge in [0.05, 0.1) is 0 Å². The van der Waals surface area contributed by atoms with Crippen molar-refractivity contribution in [2.75, 3.05) is 11.9 Å².